The Labute approximate surface area is 347 Å². The van der Waals surface area contributed by atoms with Gasteiger partial charge in [-0.25, -0.2) is 29.9 Å². The van der Waals surface area contributed by atoms with E-state index in [1.807, 2.05) is 158 Å². The number of hydrogen-bond acceptors (Lipinski definition) is 7. The Kier molecular flexibility index (Phi) is 9.79. The first-order chi connectivity index (χ1) is 29.7. The molecule has 7 aromatic carbocycles. The Hall–Kier alpha value is -8.29. The van der Waals surface area contributed by atoms with Crippen LogP contribution in [-0.4, -0.2) is 34.9 Å². The molecule has 0 saturated carbocycles. The molecule has 0 amide bonds. The predicted molar refractivity (Wildman–Crippen MR) is 240 cm³/mol. The van der Waals surface area contributed by atoms with Crippen molar-refractivity contribution >= 4 is 0 Å². The molecular weight excluding hydrogens is 735 g/mol. The second-order valence-electron chi connectivity index (χ2n) is 14.1. The van der Waals surface area contributed by atoms with Crippen LogP contribution in [0.15, 0.2) is 212 Å². The zero-order chi connectivity index (χ0) is 40.1. The zero-order valence-electron chi connectivity index (χ0n) is 32.3. The van der Waals surface area contributed by atoms with Crippen molar-refractivity contribution in [3.8, 4) is 102 Å². The van der Waals surface area contributed by atoms with Gasteiger partial charge in [0, 0.05) is 45.1 Å². The molecule has 0 atom stereocenters. The molecule has 7 heteroatoms. The van der Waals surface area contributed by atoms with Gasteiger partial charge in [-0.3, -0.25) is 4.98 Å². The lowest BCUT2D eigenvalue weighted by atomic mass is 9.87. The summed E-state index contributed by atoms with van der Waals surface area (Å²) in [7, 11) is 0. The molecule has 0 aliphatic rings. The van der Waals surface area contributed by atoms with Crippen molar-refractivity contribution in [1.82, 2.24) is 34.9 Å². The van der Waals surface area contributed by atoms with Crippen LogP contribution in [0.3, 0.4) is 0 Å². The van der Waals surface area contributed by atoms with Gasteiger partial charge in [-0.1, -0.05) is 188 Å². The first kappa shape index (κ1) is 36.1. The standard InChI is InChI=1S/C53H35N7/c1-5-19-36(20-6-1)48-55-49(37-21-7-2-8-22-37)58-52(57-48)44-29-15-13-27-41(44)43-33-32-40(47-31-17-18-34-54-47)35-46(43)42-28-14-16-30-45(42)53-59-50(38-23-9-3-10-24-38)56-51(60-53)39-25-11-4-12-26-39/h1-35H. The first-order valence-electron chi connectivity index (χ1n) is 19.7. The average Bonchev–Trinajstić information content (AvgIpc) is 3.35. The van der Waals surface area contributed by atoms with E-state index in [9.17, 15) is 0 Å². The molecule has 282 valence electrons. The highest BCUT2D eigenvalue weighted by Crippen LogP contribution is 2.43. The van der Waals surface area contributed by atoms with Gasteiger partial charge in [0.05, 0.1) is 5.69 Å². The quantitative estimate of drug-likeness (QED) is 0.144. The molecule has 0 radical (unpaired) electrons. The lowest BCUT2D eigenvalue weighted by Gasteiger charge is -2.18. The summed E-state index contributed by atoms with van der Waals surface area (Å²) in [6.45, 7) is 0. The highest BCUT2D eigenvalue weighted by atomic mass is 15.0. The number of benzene rings is 7. The summed E-state index contributed by atoms with van der Waals surface area (Å²) in [6.07, 6.45) is 1.82. The molecule has 60 heavy (non-hydrogen) atoms. The van der Waals surface area contributed by atoms with Crippen LogP contribution in [0.5, 0.6) is 0 Å². The van der Waals surface area contributed by atoms with E-state index in [0.717, 1.165) is 66.9 Å². The van der Waals surface area contributed by atoms with Crippen molar-refractivity contribution in [1.29, 1.82) is 0 Å². The summed E-state index contributed by atoms with van der Waals surface area (Å²) in [5, 5.41) is 0. The molecule has 10 rings (SSSR count). The Morgan fingerprint density at radius 3 is 0.950 bits per heavy atom. The maximum atomic E-state index is 5.15. The van der Waals surface area contributed by atoms with Crippen molar-refractivity contribution in [3.63, 3.8) is 0 Å². The second kappa shape index (κ2) is 16.3. The Morgan fingerprint density at radius 2 is 0.550 bits per heavy atom. The van der Waals surface area contributed by atoms with E-state index in [-0.39, 0.29) is 0 Å². The highest BCUT2D eigenvalue weighted by Gasteiger charge is 2.21. The zero-order valence-corrected chi connectivity index (χ0v) is 32.3. The van der Waals surface area contributed by atoms with Crippen LogP contribution in [0.4, 0.5) is 0 Å². The fourth-order valence-electron chi connectivity index (χ4n) is 7.38. The molecule has 0 saturated heterocycles. The molecule has 7 nitrogen and oxygen atoms in total. The summed E-state index contributed by atoms with van der Waals surface area (Å²) >= 11 is 0. The lowest BCUT2D eigenvalue weighted by molar-refractivity contribution is 1.07. The monoisotopic (exact) mass is 769 g/mol. The summed E-state index contributed by atoms with van der Waals surface area (Å²) < 4.78 is 0. The Morgan fingerprint density at radius 1 is 0.217 bits per heavy atom. The normalized spacial score (nSPS) is 11.0. The predicted octanol–water partition coefficient (Wildman–Crippen LogP) is 12.5. The molecular formula is C53H35N7. The van der Waals surface area contributed by atoms with Gasteiger partial charge in [-0.2, -0.15) is 0 Å². The minimum absolute atomic E-state index is 0.568. The van der Waals surface area contributed by atoms with Crippen LogP contribution in [0.1, 0.15) is 0 Å². The van der Waals surface area contributed by atoms with Crippen molar-refractivity contribution < 1.29 is 0 Å². The van der Waals surface area contributed by atoms with Crippen molar-refractivity contribution in [2.75, 3.05) is 0 Å². The highest BCUT2D eigenvalue weighted by molar-refractivity contribution is 5.96. The van der Waals surface area contributed by atoms with Crippen LogP contribution >= 0.6 is 0 Å². The minimum atomic E-state index is 0.568. The van der Waals surface area contributed by atoms with E-state index in [0.29, 0.717) is 34.9 Å². The van der Waals surface area contributed by atoms with E-state index in [1.165, 1.54) is 0 Å². The van der Waals surface area contributed by atoms with Gasteiger partial charge >= 0.3 is 0 Å². The van der Waals surface area contributed by atoms with Gasteiger partial charge in [-0.05, 0) is 40.5 Å². The maximum absolute atomic E-state index is 5.15. The molecule has 0 aliphatic heterocycles. The van der Waals surface area contributed by atoms with Gasteiger partial charge < -0.3 is 0 Å². The van der Waals surface area contributed by atoms with E-state index in [1.54, 1.807) is 0 Å². The van der Waals surface area contributed by atoms with Crippen molar-refractivity contribution in [2.24, 2.45) is 0 Å². The molecule has 10 aromatic rings. The maximum Gasteiger partial charge on any atom is 0.164 e. The average molecular weight is 770 g/mol. The summed E-state index contributed by atoms with van der Waals surface area (Å²) in [5.74, 6) is 3.54. The minimum Gasteiger partial charge on any atom is -0.256 e. The third-order valence-corrected chi connectivity index (χ3v) is 10.3. The summed E-state index contributed by atoms with van der Waals surface area (Å²) in [4.78, 5) is 35.3. The molecule has 3 aromatic heterocycles. The van der Waals surface area contributed by atoms with Crippen LogP contribution in [-0.2, 0) is 0 Å². The van der Waals surface area contributed by atoms with E-state index < -0.39 is 0 Å². The summed E-state index contributed by atoms with van der Waals surface area (Å²) in [5.41, 5.74) is 11.1. The van der Waals surface area contributed by atoms with Gasteiger partial charge in [0.15, 0.2) is 34.9 Å². The number of aromatic nitrogens is 7. The molecule has 0 N–H and O–H groups in total. The topological polar surface area (TPSA) is 90.2 Å². The number of hydrogen-bond donors (Lipinski definition) is 0. The van der Waals surface area contributed by atoms with Gasteiger partial charge in [0.1, 0.15) is 0 Å². The van der Waals surface area contributed by atoms with Gasteiger partial charge in [0.25, 0.3) is 0 Å². The Bertz CT molecular complexity index is 2950. The SMILES string of the molecule is c1ccc(-c2nc(-c3ccccc3)nc(-c3ccccc3-c3ccc(-c4ccccn4)cc3-c3ccccc3-c3nc(-c4ccccc4)nc(-c4ccccc4)n3)n2)cc1. The van der Waals surface area contributed by atoms with Crippen molar-refractivity contribution in [3.05, 3.63) is 212 Å². The number of rotatable bonds is 9. The molecule has 0 bridgehead atoms. The Balaban J connectivity index is 1.20. The third kappa shape index (κ3) is 7.35. The van der Waals surface area contributed by atoms with Crippen LogP contribution in [0.2, 0.25) is 0 Å². The molecule has 0 aliphatic carbocycles. The molecule has 0 fully saturated rings. The second-order valence-corrected chi connectivity index (χ2v) is 14.1. The van der Waals surface area contributed by atoms with E-state index in [4.69, 9.17) is 34.9 Å². The molecule has 0 spiro atoms. The van der Waals surface area contributed by atoms with Crippen molar-refractivity contribution in [2.45, 2.75) is 0 Å². The van der Waals surface area contributed by atoms with Crippen LogP contribution < -0.4 is 0 Å². The molecule has 3 heterocycles. The number of nitrogens with zero attached hydrogens (tertiary/aromatic N) is 7. The fraction of sp³-hybridized carbons (Fsp3) is 0. The third-order valence-electron chi connectivity index (χ3n) is 10.3. The first-order valence-corrected chi connectivity index (χ1v) is 19.7. The van der Waals surface area contributed by atoms with E-state index in [2.05, 4.69) is 54.6 Å². The largest absolute Gasteiger partial charge is 0.256 e. The number of pyridine rings is 1. The molecule has 0 unspecified atom stereocenters. The van der Waals surface area contributed by atoms with Crippen LogP contribution in [0, 0.1) is 0 Å². The van der Waals surface area contributed by atoms with Gasteiger partial charge in [0.2, 0.25) is 0 Å². The van der Waals surface area contributed by atoms with Crippen LogP contribution in [0.25, 0.3) is 102 Å². The smallest absolute Gasteiger partial charge is 0.164 e. The van der Waals surface area contributed by atoms with Gasteiger partial charge in [-0.15, -0.1) is 0 Å². The summed E-state index contributed by atoms with van der Waals surface area (Å²) in [6, 6.07) is 69.3. The fourth-order valence-corrected chi connectivity index (χ4v) is 7.38. The lowest BCUT2D eigenvalue weighted by Crippen LogP contribution is -2.02. The van der Waals surface area contributed by atoms with E-state index >= 15 is 0 Å².